The van der Waals surface area contributed by atoms with Crippen molar-refractivity contribution in [2.24, 2.45) is 0 Å². The molecule has 0 aliphatic rings. The molecule has 0 spiro atoms. The van der Waals surface area contributed by atoms with E-state index in [1.54, 1.807) is 18.2 Å². The number of hydrogen-bond donors (Lipinski definition) is 2. The van der Waals surface area contributed by atoms with E-state index in [4.69, 9.17) is 4.42 Å². The summed E-state index contributed by atoms with van der Waals surface area (Å²) in [4.78, 5) is 23.2. The molecular weight excluding hydrogens is 275 g/mol. The molecule has 6 heteroatoms. The van der Waals surface area contributed by atoms with E-state index >= 15 is 0 Å². The van der Waals surface area contributed by atoms with E-state index in [1.807, 2.05) is 0 Å². The number of nitrogens with one attached hydrogen (secondary N) is 2. The number of carbonyl (C=O) groups excluding carboxylic acids is 2. The summed E-state index contributed by atoms with van der Waals surface area (Å²) >= 11 is 0. The maximum atomic E-state index is 13.3. The first-order valence-electron chi connectivity index (χ1n) is 6.47. The zero-order valence-electron chi connectivity index (χ0n) is 11.3. The Morgan fingerprint density at radius 2 is 1.95 bits per heavy atom. The van der Waals surface area contributed by atoms with Gasteiger partial charge in [-0.3, -0.25) is 9.59 Å². The van der Waals surface area contributed by atoms with E-state index in [0.29, 0.717) is 11.1 Å². The quantitative estimate of drug-likeness (QED) is 0.853. The highest BCUT2D eigenvalue weighted by molar-refractivity contribution is 5.93. The first kappa shape index (κ1) is 14.8. The maximum absolute atomic E-state index is 13.3. The Labute approximate surface area is 121 Å². The van der Waals surface area contributed by atoms with Crippen LogP contribution in [0.15, 0.2) is 47.3 Å². The molecule has 110 valence electrons. The standard InChI is InChI=1S/C15H15FN2O3/c16-13-4-2-1-3-11(13)9-18-14(19)5-7-17-15(20)12-6-8-21-10-12/h1-4,6,8,10H,5,7,9H2,(H,17,20)(H,18,19). The molecule has 1 aromatic carbocycles. The summed E-state index contributed by atoms with van der Waals surface area (Å²) in [6.07, 6.45) is 2.85. The number of hydrogen-bond acceptors (Lipinski definition) is 3. The fourth-order valence-corrected chi connectivity index (χ4v) is 1.71. The summed E-state index contributed by atoms with van der Waals surface area (Å²) in [5.74, 6) is -0.914. The summed E-state index contributed by atoms with van der Waals surface area (Å²) in [6.45, 7) is 0.328. The van der Waals surface area contributed by atoms with Gasteiger partial charge in [0.2, 0.25) is 5.91 Å². The molecule has 0 saturated carbocycles. The Morgan fingerprint density at radius 3 is 2.67 bits per heavy atom. The van der Waals surface area contributed by atoms with Crippen LogP contribution in [0.4, 0.5) is 4.39 Å². The predicted molar refractivity (Wildman–Crippen MR) is 73.9 cm³/mol. The number of benzene rings is 1. The molecule has 0 aliphatic carbocycles. The van der Waals surface area contributed by atoms with E-state index in [0.717, 1.165) is 0 Å². The van der Waals surface area contributed by atoms with Crippen LogP contribution in [-0.4, -0.2) is 18.4 Å². The Bertz CT molecular complexity index is 611. The first-order chi connectivity index (χ1) is 10.2. The summed E-state index contributed by atoms with van der Waals surface area (Å²) in [5, 5.41) is 5.19. The molecule has 2 N–H and O–H groups in total. The van der Waals surface area contributed by atoms with Gasteiger partial charge in [0.1, 0.15) is 12.1 Å². The highest BCUT2D eigenvalue weighted by atomic mass is 19.1. The molecule has 5 nitrogen and oxygen atoms in total. The van der Waals surface area contributed by atoms with Crippen LogP contribution in [0.1, 0.15) is 22.3 Å². The predicted octanol–water partition coefficient (Wildman–Crippen LogP) is 1.85. The Balaban J connectivity index is 1.68. The molecule has 1 aromatic heterocycles. The van der Waals surface area contributed by atoms with Crippen molar-refractivity contribution < 1.29 is 18.4 Å². The minimum absolute atomic E-state index is 0.123. The van der Waals surface area contributed by atoms with Gasteiger partial charge in [0, 0.05) is 25.1 Å². The number of carbonyl (C=O) groups is 2. The van der Waals surface area contributed by atoms with Gasteiger partial charge in [-0.05, 0) is 12.1 Å². The molecule has 0 radical (unpaired) electrons. The molecule has 0 saturated heterocycles. The molecule has 0 unspecified atom stereocenters. The average molecular weight is 290 g/mol. The van der Waals surface area contributed by atoms with Crippen LogP contribution >= 0.6 is 0 Å². The van der Waals surface area contributed by atoms with Crippen molar-refractivity contribution in [3.8, 4) is 0 Å². The molecule has 1 heterocycles. The smallest absolute Gasteiger partial charge is 0.254 e. The molecule has 2 amide bonds. The lowest BCUT2D eigenvalue weighted by atomic mass is 10.2. The van der Waals surface area contributed by atoms with Crippen molar-refractivity contribution in [1.29, 1.82) is 0 Å². The zero-order chi connectivity index (χ0) is 15.1. The van der Waals surface area contributed by atoms with E-state index in [1.165, 1.54) is 24.7 Å². The summed E-state index contributed by atoms with van der Waals surface area (Å²) < 4.78 is 18.1. The first-order valence-corrected chi connectivity index (χ1v) is 6.47. The minimum Gasteiger partial charge on any atom is -0.472 e. The van der Waals surface area contributed by atoms with Gasteiger partial charge < -0.3 is 15.1 Å². The summed E-state index contributed by atoms with van der Waals surface area (Å²) in [6, 6.07) is 7.78. The van der Waals surface area contributed by atoms with Crippen LogP contribution in [0, 0.1) is 5.82 Å². The fourth-order valence-electron chi connectivity index (χ4n) is 1.71. The fraction of sp³-hybridized carbons (Fsp3) is 0.200. The van der Waals surface area contributed by atoms with Gasteiger partial charge in [0.05, 0.1) is 11.8 Å². The topological polar surface area (TPSA) is 71.3 Å². The SMILES string of the molecule is O=C(CCNC(=O)c1ccoc1)NCc1ccccc1F. The second-order valence-electron chi connectivity index (χ2n) is 4.39. The van der Waals surface area contributed by atoms with Gasteiger partial charge in [0.25, 0.3) is 5.91 Å². The van der Waals surface area contributed by atoms with Crippen LogP contribution < -0.4 is 10.6 Å². The minimum atomic E-state index is -0.355. The van der Waals surface area contributed by atoms with E-state index in [2.05, 4.69) is 10.6 Å². The highest BCUT2D eigenvalue weighted by Crippen LogP contribution is 2.05. The van der Waals surface area contributed by atoms with Crippen LogP contribution in [0.3, 0.4) is 0 Å². The maximum Gasteiger partial charge on any atom is 0.254 e. The van der Waals surface area contributed by atoms with Gasteiger partial charge in [-0.2, -0.15) is 0 Å². The Kier molecular flexibility index (Phi) is 5.09. The number of amides is 2. The highest BCUT2D eigenvalue weighted by Gasteiger charge is 2.08. The Morgan fingerprint density at radius 1 is 1.14 bits per heavy atom. The largest absolute Gasteiger partial charge is 0.472 e. The third-order valence-electron chi connectivity index (χ3n) is 2.85. The van der Waals surface area contributed by atoms with E-state index in [-0.39, 0.29) is 37.1 Å². The molecule has 0 atom stereocenters. The van der Waals surface area contributed by atoms with E-state index < -0.39 is 0 Å². The van der Waals surface area contributed by atoms with Crippen molar-refractivity contribution in [2.45, 2.75) is 13.0 Å². The molecule has 0 bridgehead atoms. The number of rotatable bonds is 6. The second-order valence-corrected chi connectivity index (χ2v) is 4.39. The monoisotopic (exact) mass is 290 g/mol. The van der Waals surface area contributed by atoms with Crippen LogP contribution in [0.2, 0.25) is 0 Å². The van der Waals surface area contributed by atoms with Crippen LogP contribution in [0.5, 0.6) is 0 Å². The Hall–Kier alpha value is -2.63. The third-order valence-corrected chi connectivity index (χ3v) is 2.85. The molecule has 2 rings (SSSR count). The number of furan rings is 1. The molecule has 2 aromatic rings. The summed E-state index contributed by atoms with van der Waals surface area (Å²) in [7, 11) is 0. The molecule has 21 heavy (non-hydrogen) atoms. The lowest BCUT2D eigenvalue weighted by molar-refractivity contribution is -0.121. The molecular formula is C15H15FN2O3. The van der Waals surface area contributed by atoms with Crippen molar-refractivity contribution in [3.05, 3.63) is 59.8 Å². The van der Waals surface area contributed by atoms with Crippen LogP contribution in [-0.2, 0) is 11.3 Å². The van der Waals surface area contributed by atoms with Gasteiger partial charge >= 0.3 is 0 Å². The molecule has 0 aliphatic heterocycles. The van der Waals surface area contributed by atoms with Crippen molar-refractivity contribution in [2.75, 3.05) is 6.54 Å². The summed E-state index contributed by atoms with van der Waals surface area (Å²) in [5.41, 5.74) is 0.829. The lowest BCUT2D eigenvalue weighted by Crippen LogP contribution is -2.30. The van der Waals surface area contributed by atoms with Gasteiger partial charge in [-0.1, -0.05) is 18.2 Å². The van der Waals surface area contributed by atoms with Gasteiger partial charge in [0.15, 0.2) is 0 Å². The van der Waals surface area contributed by atoms with Gasteiger partial charge in [-0.15, -0.1) is 0 Å². The second kappa shape index (κ2) is 7.23. The average Bonchev–Trinajstić information content (AvgIpc) is 3.00. The van der Waals surface area contributed by atoms with Crippen molar-refractivity contribution >= 4 is 11.8 Å². The van der Waals surface area contributed by atoms with Crippen molar-refractivity contribution in [1.82, 2.24) is 10.6 Å². The normalized spacial score (nSPS) is 10.1. The zero-order valence-corrected chi connectivity index (χ0v) is 11.3. The van der Waals surface area contributed by atoms with Crippen molar-refractivity contribution in [3.63, 3.8) is 0 Å². The third kappa shape index (κ3) is 4.45. The lowest BCUT2D eigenvalue weighted by Gasteiger charge is -2.07. The van der Waals surface area contributed by atoms with Gasteiger partial charge in [-0.25, -0.2) is 4.39 Å². The van der Waals surface area contributed by atoms with E-state index in [9.17, 15) is 14.0 Å². The van der Waals surface area contributed by atoms with Crippen LogP contribution in [0.25, 0.3) is 0 Å². The number of halogens is 1. The molecule has 0 fully saturated rings.